The lowest BCUT2D eigenvalue weighted by Gasteiger charge is -2.22. The minimum Gasteiger partial charge on any atom is -0.383 e. The van der Waals surface area contributed by atoms with Gasteiger partial charge in [0, 0.05) is 25.1 Å². The summed E-state index contributed by atoms with van der Waals surface area (Å²) in [5.74, 6) is 0.105. The van der Waals surface area contributed by atoms with Gasteiger partial charge in [-0.15, -0.1) is 11.3 Å². The van der Waals surface area contributed by atoms with Crippen LogP contribution in [0.3, 0.4) is 0 Å². The zero-order chi connectivity index (χ0) is 15.6. The first-order valence-corrected chi connectivity index (χ1v) is 8.21. The van der Waals surface area contributed by atoms with Crippen LogP contribution in [0.5, 0.6) is 0 Å². The van der Waals surface area contributed by atoms with Crippen LogP contribution in [-0.4, -0.2) is 37.6 Å². The average molecular weight is 318 g/mol. The standard InChI is InChI=1S/C17H22N2O2S/c1-21-10-9-18-12-17(20)19(14-16-8-5-11-22-16)13-15-6-3-2-4-7-15/h2-8,11,18H,9-10,12-14H2,1H3. The van der Waals surface area contributed by atoms with Crippen LogP contribution in [0.2, 0.25) is 0 Å². The van der Waals surface area contributed by atoms with Crippen molar-refractivity contribution in [2.24, 2.45) is 0 Å². The van der Waals surface area contributed by atoms with Gasteiger partial charge in [-0.1, -0.05) is 36.4 Å². The predicted molar refractivity (Wildman–Crippen MR) is 89.8 cm³/mol. The number of rotatable bonds is 9. The van der Waals surface area contributed by atoms with E-state index in [9.17, 15) is 4.79 Å². The Kier molecular flexibility index (Phi) is 7.09. The van der Waals surface area contributed by atoms with Crippen molar-refractivity contribution in [2.75, 3.05) is 26.8 Å². The normalized spacial score (nSPS) is 10.6. The molecule has 0 aliphatic rings. The van der Waals surface area contributed by atoms with Crippen molar-refractivity contribution in [3.8, 4) is 0 Å². The fourth-order valence-corrected chi connectivity index (χ4v) is 2.83. The summed E-state index contributed by atoms with van der Waals surface area (Å²) in [4.78, 5) is 15.5. The summed E-state index contributed by atoms with van der Waals surface area (Å²) < 4.78 is 4.98. The maximum atomic E-state index is 12.5. The lowest BCUT2D eigenvalue weighted by Crippen LogP contribution is -2.38. The monoisotopic (exact) mass is 318 g/mol. The molecule has 1 amide bonds. The van der Waals surface area contributed by atoms with Gasteiger partial charge in [-0.3, -0.25) is 4.79 Å². The molecule has 0 unspecified atom stereocenters. The van der Waals surface area contributed by atoms with Gasteiger partial charge in [0.1, 0.15) is 0 Å². The zero-order valence-electron chi connectivity index (χ0n) is 12.8. The molecule has 1 N–H and O–H groups in total. The minimum atomic E-state index is 0.105. The van der Waals surface area contributed by atoms with E-state index in [0.717, 1.165) is 5.56 Å². The molecule has 0 spiro atoms. The molecule has 0 saturated heterocycles. The molecule has 22 heavy (non-hydrogen) atoms. The third kappa shape index (κ3) is 5.60. The van der Waals surface area contributed by atoms with Gasteiger partial charge in [0.05, 0.1) is 19.7 Å². The number of benzene rings is 1. The SMILES string of the molecule is COCCNCC(=O)N(Cc1ccccc1)Cc1cccs1. The molecule has 0 saturated carbocycles. The smallest absolute Gasteiger partial charge is 0.237 e. The second-order valence-corrected chi connectivity index (χ2v) is 6.02. The summed E-state index contributed by atoms with van der Waals surface area (Å²) in [6.45, 7) is 2.90. The highest BCUT2D eigenvalue weighted by molar-refractivity contribution is 7.09. The molecule has 1 aromatic heterocycles. The summed E-state index contributed by atoms with van der Waals surface area (Å²) >= 11 is 1.68. The van der Waals surface area contributed by atoms with Crippen molar-refractivity contribution in [2.45, 2.75) is 13.1 Å². The second-order valence-electron chi connectivity index (χ2n) is 4.98. The van der Waals surface area contributed by atoms with Crippen molar-refractivity contribution in [3.63, 3.8) is 0 Å². The average Bonchev–Trinajstić information content (AvgIpc) is 3.05. The fraction of sp³-hybridized carbons (Fsp3) is 0.353. The van der Waals surface area contributed by atoms with Gasteiger partial charge in [0.2, 0.25) is 5.91 Å². The van der Waals surface area contributed by atoms with Gasteiger partial charge in [0.25, 0.3) is 0 Å². The number of nitrogens with zero attached hydrogens (tertiary/aromatic N) is 1. The van der Waals surface area contributed by atoms with E-state index >= 15 is 0 Å². The van der Waals surface area contributed by atoms with Crippen LogP contribution in [-0.2, 0) is 22.6 Å². The molecule has 4 nitrogen and oxygen atoms in total. The number of hydrogen-bond acceptors (Lipinski definition) is 4. The molecule has 2 aromatic rings. The number of hydrogen-bond donors (Lipinski definition) is 1. The summed E-state index contributed by atoms with van der Waals surface area (Å²) in [5, 5.41) is 5.16. The molecule has 0 radical (unpaired) electrons. The summed E-state index contributed by atoms with van der Waals surface area (Å²) in [5.41, 5.74) is 1.14. The Labute approximate surface area is 135 Å². The molecule has 1 aromatic carbocycles. The zero-order valence-corrected chi connectivity index (χ0v) is 13.6. The second kappa shape index (κ2) is 9.35. The highest BCUT2D eigenvalue weighted by atomic mass is 32.1. The lowest BCUT2D eigenvalue weighted by molar-refractivity contribution is -0.131. The largest absolute Gasteiger partial charge is 0.383 e. The van der Waals surface area contributed by atoms with Gasteiger partial charge in [-0.2, -0.15) is 0 Å². The minimum absolute atomic E-state index is 0.105. The van der Waals surface area contributed by atoms with Crippen LogP contribution < -0.4 is 5.32 Å². The van der Waals surface area contributed by atoms with Crippen molar-refractivity contribution in [1.82, 2.24) is 10.2 Å². The molecule has 2 rings (SSSR count). The summed E-state index contributed by atoms with van der Waals surface area (Å²) in [6, 6.07) is 14.2. The van der Waals surface area contributed by atoms with E-state index in [2.05, 4.69) is 11.4 Å². The number of carbonyl (C=O) groups excluding carboxylic acids is 1. The van der Waals surface area contributed by atoms with E-state index in [0.29, 0.717) is 32.8 Å². The summed E-state index contributed by atoms with van der Waals surface area (Å²) in [7, 11) is 1.65. The first-order chi connectivity index (χ1) is 10.8. The molecule has 118 valence electrons. The van der Waals surface area contributed by atoms with Crippen molar-refractivity contribution < 1.29 is 9.53 Å². The van der Waals surface area contributed by atoms with Gasteiger partial charge in [0.15, 0.2) is 0 Å². The van der Waals surface area contributed by atoms with Crippen LogP contribution in [0.1, 0.15) is 10.4 Å². The van der Waals surface area contributed by atoms with Crippen LogP contribution in [0.15, 0.2) is 47.8 Å². The first-order valence-electron chi connectivity index (χ1n) is 7.33. The maximum Gasteiger partial charge on any atom is 0.237 e. The quantitative estimate of drug-likeness (QED) is 0.722. The van der Waals surface area contributed by atoms with Crippen molar-refractivity contribution >= 4 is 17.2 Å². The van der Waals surface area contributed by atoms with Crippen LogP contribution in [0, 0.1) is 0 Å². The van der Waals surface area contributed by atoms with Crippen molar-refractivity contribution in [1.29, 1.82) is 0 Å². The van der Waals surface area contributed by atoms with Gasteiger partial charge in [-0.05, 0) is 17.0 Å². The van der Waals surface area contributed by atoms with E-state index in [1.54, 1.807) is 18.4 Å². The van der Waals surface area contributed by atoms with Gasteiger partial charge < -0.3 is 15.0 Å². The number of ether oxygens (including phenoxy) is 1. The molecule has 5 heteroatoms. The van der Waals surface area contributed by atoms with Gasteiger partial charge in [-0.25, -0.2) is 0 Å². The van der Waals surface area contributed by atoms with E-state index in [-0.39, 0.29) is 5.91 Å². The Morgan fingerprint density at radius 3 is 2.68 bits per heavy atom. The lowest BCUT2D eigenvalue weighted by atomic mass is 10.2. The Balaban J connectivity index is 1.96. The maximum absolute atomic E-state index is 12.5. The van der Waals surface area contributed by atoms with Crippen LogP contribution >= 0.6 is 11.3 Å². The Morgan fingerprint density at radius 2 is 2.00 bits per heavy atom. The first kappa shape index (κ1) is 16.7. The number of nitrogens with one attached hydrogen (secondary N) is 1. The number of methoxy groups -OCH3 is 1. The highest BCUT2D eigenvalue weighted by Crippen LogP contribution is 2.14. The van der Waals surface area contributed by atoms with E-state index in [4.69, 9.17) is 4.74 Å². The number of amides is 1. The Hall–Kier alpha value is -1.69. The fourth-order valence-electron chi connectivity index (χ4n) is 2.11. The third-order valence-corrected chi connectivity index (χ3v) is 4.12. The van der Waals surface area contributed by atoms with Crippen molar-refractivity contribution in [3.05, 3.63) is 58.3 Å². The van der Waals surface area contributed by atoms with Crippen LogP contribution in [0.25, 0.3) is 0 Å². The molecule has 0 atom stereocenters. The van der Waals surface area contributed by atoms with Gasteiger partial charge >= 0.3 is 0 Å². The third-order valence-electron chi connectivity index (χ3n) is 3.25. The molecule has 0 bridgehead atoms. The molecule has 0 aliphatic heterocycles. The summed E-state index contributed by atoms with van der Waals surface area (Å²) in [6.07, 6.45) is 0. The molecule has 1 heterocycles. The molecule has 0 aliphatic carbocycles. The number of carbonyl (C=O) groups is 1. The number of thiophene rings is 1. The molecular weight excluding hydrogens is 296 g/mol. The predicted octanol–water partition coefficient (Wildman–Crippen LogP) is 2.51. The topological polar surface area (TPSA) is 41.6 Å². The Bertz CT molecular complexity index is 543. The molecule has 0 fully saturated rings. The molecular formula is C17H22N2O2S. The van der Waals surface area contributed by atoms with E-state index < -0.39 is 0 Å². The highest BCUT2D eigenvalue weighted by Gasteiger charge is 2.14. The van der Waals surface area contributed by atoms with Crippen LogP contribution in [0.4, 0.5) is 0 Å². The Morgan fingerprint density at radius 1 is 1.18 bits per heavy atom. The van der Waals surface area contributed by atoms with E-state index in [1.807, 2.05) is 46.7 Å². The van der Waals surface area contributed by atoms with E-state index in [1.165, 1.54) is 4.88 Å².